The second kappa shape index (κ2) is 6.86. The lowest BCUT2D eigenvalue weighted by Gasteiger charge is -2.14. The highest BCUT2D eigenvalue weighted by atomic mass is 16.2. The van der Waals surface area contributed by atoms with Crippen molar-refractivity contribution in [3.05, 3.63) is 30.0 Å². The van der Waals surface area contributed by atoms with Gasteiger partial charge in [0.2, 0.25) is 0 Å². The number of hydrogen-bond acceptors (Lipinski definition) is 1. The van der Waals surface area contributed by atoms with Gasteiger partial charge in [0.05, 0.1) is 11.2 Å². The van der Waals surface area contributed by atoms with E-state index in [1.165, 1.54) is 36.8 Å². The van der Waals surface area contributed by atoms with Crippen molar-refractivity contribution in [1.29, 1.82) is 0 Å². The number of benzene rings is 1. The maximum Gasteiger partial charge on any atom is 0.319 e. The number of amides is 2. The zero-order chi connectivity index (χ0) is 15.4. The van der Waals surface area contributed by atoms with Gasteiger partial charge in [-0.3, -0.25) is 0 Å². The van der Waals surface area contributed by atoms with Crippen LogP contribution in [0.5, 0.6) is 0 Å². The normalized spacial score (nSPS) is 13.3. The van der Waals surface area contributed by atoms with Crippen molar-refractivity contribution >= 4 is 22.6 Å². The lowest BCUT2D eigenvalue weighted by Crippen LogP contribution is -2.29. The van der Waals surface area contributed by atoms with Crippen LogP contribution >= 0.6 is 0 Å². The van der Waals surface area contributed by atoms with Crippen LogP contribution < -0.4 is 10.6 Å². The molecular formula is C18H25N3O. The summed E-state index contributed by atoms with van der Waals surface area (Å²) in [5, 5.41) is 7.12. The van der Waals surface area contributed by atoms with Crippen LogP contribution in [-0.2, 0) is 13.0 Å². The van der Waals surface area contributed by atoms with Crippen LogP contribution in [0.3, 0.4) is 0 Å². The van der Waals surface area contributed by atoms with E-state index in [2.05, 4.69) is 46.5 Å². The minimum absolute atomic E-state index is 0.0970. The fraction of sp³-hybridized carbons (Fsp3) is 0.500. The molecule has 1 aromatic heterocycles. The van der Waals surface area contributed by atoms with Crippen LogP contribution in [0.1, 0.15) is 44.6 Å². The van der Waals surface area contributed by atoms with Crippen molar-refractivity contribution in [2.24, 2.45) is 0 Å². The molecule has 1 aromatic carbocycles. The molecule has 118 valence electrons. The first kappa shape index (κ1) is 14.9. The molecule has 2 aromatic rings. The van der Waals surface area contributed by atoms with Crippen molar-refractivity contribution in [3.63, 3.8) is 0 Å². The molecule has 0 aliphatic carbocycles. The summed E-state index contributed by atoms with van der Waals surface area (Å²) in [6.45, 7) is 3.97. The second-order valence-electron chi connectivity index (χ2n) is 6.09. The van der Waals surface area contributed by atoms with Crippen molar-refractivity contribution in [1.82, 2.24) is 9.88 Å². The van der Waals surface area contributed by atoms with Crippen LogP contribution in [0.4, 0.5) is 10.5 Å². The van der Waals surface area contributed by atoms with Crippen molar-refractivity contribution in [2.45, 2.75) is 52.0 Å². The highest BCUT2D eigenvalue weighted by molar-refractivity contribution is 6.02. The Morgan fingerprint density at radius 2 is 2.18 bits per heavy atom. The Morgan fingerprint density at radius 1 is 1.27 bits per heavy atom. The number of anilines is 1. The van der Waals surface area contributed by atoms with Gasteiger partial charge in [-0.05, 0) is 24.8 Å². The van der Waals surface area contributed by atoms with E-state index < -0.39 is 0 Å². The number of carbonyl (C=O) groups is 1. The highest BCUT2D eigenvalue weighted by Gasteiger charge is 2.16. The maximum absolute atomic E-state index is 12.1. The van der Waals surface area contributed by atoms with E-state index in [4.69, 9.17) is 0 Å². The molecule has 2 amide bonds. The molecule has 0 radical (unpaired) electrons. The Morgan fingerprint density at radius 3 is 3.05 bits per heavy atom. The number of carbonyl (C=O) groups excluding carboxylic acids is 1. The Labute approximate surface area is 131 Å². The molecule has 0 unspecified atom stereocenters. The van der Waals surface area contributed by atoms with E-state index >= 15 is 0 Å². The number of aromatic nitrogens is 1. The third-order valence-corrected chi connectivity index (χ3v) is 4.39. The van der Waals surface area contributed by atoms with Crippen LogP contribution in [0.25, 0.3) is 10.9 Å². The molecule has 22 heavy (non-hydrogen) atoms. The van der Waals surface area contributed by atoms with E-state index in [-0.39, 0.29) is 6.03 Å². The Bertz CT molecular complexity index is 660. The predicted octanol–water partition coefficient (Wildman–Crippen LogP) is 4.29. The average molecular weight is 299 g/mol. The number of unbranched alkanes of at least 4 members (excludes halogenated alkanes) is 3. The number of aryl methyl sites for hydroxylation is 2. The van der Waals surface area contributed by atoms with E-state index in [1.54, 1.807) is 0 Å². The summed E-state index contributed by atoms with van der Waals surface area (Å²) in [5.74, 6) is 0. The molecule has 2 heterocycles. The topological polar surface area (TPSA) is 46.1 Å². The van der Waals surface area contributed by atoms with Crippen molar-refractivity contribution in [3.8, 4) is 0 Å². The van der Waals surface area contributed by atoms with Gasteiger partial charge in [-0.2, -0.15) is 0 Å². The van der Waals surface area contributed by atoms with Crippen LogP contribution in [0.2, 0.25) is 0 Å². The predicted molar refractivity (Wildman–Crippen MR) is 91.4 cm³/mol. The van der Waals surface area contributed by atoms with Gasteiger partial charge in [0, 0.05) is 24.7 Å². The molecule has 2 N–H and O–H groups in total. The fourth-order valence-electron chi connectivity index (χ4n) is 3.28. The quantitative estimate of drug-likeness (QED) is 0.768. The largest absolute Gasteiger partial charge is 0.345 e. The lowest BCUT2D eigenvalue weighted by atomic mass is 10.0. The SMILES string of the molecule is CCCCCCNC(=O)Nc1cn2c3c(cccc13)CCC2. The van der Waals surface area contributed by atoms with Gasteiger partial charge < -0.3 is 15.2 Å². The van der Waals surface area contributed by atoms with Gasteiger partial charge in [-0.25, -0.2) is 4.79 Å². The zero-order valence-corrected chi connectivity index (χ0v) is 13.3. The maximum atomic E-state index is 12.1. The molecule has 0 fully saturated rings. The molecule has 1 aliphatic rings. The number of nitrogens with zero attached hydrogens (tertiary/aromatic N) is 1. The molecule has 0 atom stereocenters. The minimum atomic E-state index is -0.0970. The molecular weight excluding hydrogens is 274 g/mol. The molecule has 4 heteroatoms. The van der Waals surface area contributed by atoms with Crippen LogP contribution in [-0.4, -0.2) is 17.1 Å². The number of hydrogen-bond donors (Lipinski definition) is 2. The number of nitrogens with one attached hydrogen (secondary N) is 2. The van der Waals surface area contributed by atoms with Crippen molar-refractivity contribution in [2.75, 3.05) is 11.9 Å². The number of para-hydroxylation sites is 1. The van der Waals surface area contributed by atoms with Crippen molar-refractivity contribution < 1.29 is 4.79 Å². The molecule has 4 nitrogen and oxygen atoms in total. The Hall–Kier alpha value is -1.97. The van der Waals surface area contributed by atoms with Crippen LogP contribution in [0.15, 0.2) is 24.4 Å². The fourth-order valence-corrected chi connectivity index (χ4v) is 3.28. The van der Waals surface area contributed by atoms with Gasteiger partial charge in [0.1, 0.15) is 0 Å². The van der Waals surface area contributed by atoms with E-state index in [0.717, 1.165) is 37.0 Å². The molecule has 0 bridgehead atoms. The highest BCUT2D eigenvalue weighted by Crippen LogP contribution is 2.32. The average Bonchev–Trinajstić information content (AvgIpc) is 2.87. The van der Waals surface area contributed by atoms with Gasteiger partial charge in [-0.1, -0.05) is 44.4 Å². The summed E-state index contributed by atoms with van der Waals surface area (Å²) in [7, 11) is 0. The first-order chi connectivity index (χ1) is 10.8. The molecule has 0 saturated heterocycles. The zero-order valence-electron chi connectivity index (χ0n) is 13.3. The van der Waals surface area contributed by atoms with E-state index in [1.807, 2.05) is 0 Å². The first-order valence-electron chi connectivity index (χ1n) is 8.45. The van der Waals surface area contributed by atoms with Gasteiger partial charge >= 0.3 is 6.03 Å². The smallest absolute Gasteiger partial charge is 0.319 e. The minimum Gasteiger partial charge on any atom is -0.345 e. The summed E-state index contributed by atoms with van der Waals surface area (Å²) >= 11 is 0. The molecule has 1 aliphatic heterocycles. The summed E-state index contributed by atoms with van der Waals surface area (Å²) in [5.41, 5.74) is 3.59. The van der Waals surface area contributed by atoms with E-state index in [0.29, 0.717) is 0 Å². The number of rotatable bonds is 6. The second-order valence-corrected chi connectivity index (χ2v) is 6.09. The Balaban J connectivity index is 1.65. The van der Waals surface area contributed by atoms with Crippen LogP contribution in [0, 0.1) is 0 Å². The van der Waals surface area contributed by atoms with Gasteiger partial charge in [0.15, 0.2) is 0 Å². The third kappa shape index (κ3) is 3.11. The molecule has 0 saturated carbocycles. The monoisotopic (exact) mass is 299 g/mol. The third-order valence-electron chi connectivity index (χ3n) is 4.39. The standard InChI is InChI=1S/C18H25N3O/c1-2-3-4-5-11-19-18(22)20-16-13-21-12-7-9-14-8-6-10-15(16)17(14)21/h6,8,10,13H,2-5,7,9,11-12H2,1H3,(H2,19,20,22). The number of urea groups is 1. The Kier molecular flexibility index (Phi) is 4.66. The summed E-state index contributed by atoms with van der Waals surface area (Å²) < 4.78 is 2.27. The summed E-state index contributed by atoms with van der Waals surface area (Å²) in [6.07, 6.45) is 9.05. The molecule has 0 spiro atoms. The first-order valence-corrected chi connectivity index (χ1v) is 8.45. The molecule has 3 rings (SSSR count). The van der Waals surface area contributed by atoms with E-state index in [9.17, 15) is 4.79 Å². The van der Waals surface area contributed by atoms with Gasteiger partial charge in [0.25, 0.3) is 0 Å². The van der Waals surface area contributed by atoms with Gasteiger partial charge in [-0.15, -0.1) is 0 Å². The summed E-state index contributed by atoms with van der Waals surface area (Å²) in [4.78, 5) is 12.1. The summed E-state index contributed by atoms with van der Waals surface area (Å²) in [6, 6.07) is 6.27. The lowest BCUT2D eigenvalue weighted by molar-refractivity contribution is 0.252.